The molecule has 0 N–H and O–H groups in total. The van der Waals surface area contributed by atoms with Gasteiger partial charge in [0, 0.05) is 35.5 Å². The molecule has 0 spiro atoms. The Balaban J connectivity index is 1.33. The van der Waals surface area contributed by atoms with Crippen LogP contribution in [-0.2, 0) is 33.5 Å². The second-order valence-electron chi connectivity index (χ2n) is 9.06. The van der Waals surface area contributed by atoms with Crippen molar-refractivity contribution in [1.29, 1.82) is 0 Å². The van der Waals surface area contributed by atoms with E-state index in [4.69, 9.17) is 9.47 Å². The van der Waals surface area contributed by atoms with Gasteiger partial charge >= 0.3 is 12.1 Å². The predicted octanol–water partition coefficient (Wildman–Crippen LogP) is 7.42. The van der Waals surface area contributed by atoms with Crippen molar-refractivity contribution in [2.45, 2.75) is 58.2 Å². The topological polar surface area (TPSA) is 55.8 Å². The van der Waals surface area contributed by atoms with Crippen molar-refractivity contribution in [1.82, 2.24) is 0 Å². The van der Waals surface area contributed by atoms with Gasteiger partial charge in [-0.05, 0) is 61.6 Å². The van der Waals surface area contributed by atoms with Crippen molar-refractivity contribution in [3.63, 3.8) is 0 Å². The predicted molar refractivity (Wildman–Crippen MR) is 141 cm³/mol. The third-order valence-electron chi connectivity index (χ3n) is 6.33. The molecule has 5 nitrogen and oxygen atoms in total. The molecule has 2 heterocycles. The molecule has 4 rings (SSSR count). The van der Waals surface area contributed by atoms with Crippen LogP contribution in [0.25, 0.3) is 11.1 Å². The lowest BCUT2D eigenvalue weighted by molar-refractivity contribution is -0.143. The van der Waals surface area contributed by atoms with Crippen molar-refractivity contribution in [2.24, 2.45) is 0 Å². The molecule has 0 bridgehead atoms. The molecule has 0 saturated carbocycles. The third kappa shape index (κ3) is 6.95. The van der Waals surface area contributed by atoms with Gasteiger partial charge in [-0.3, -0.25) is 9.59 Å². The zero-order valence-corrected chi connectivity index (χ0v) is 22.0. The molecule has 2 aromatic carbocycles. The molecule has 0 unspecified atom stereocenters. The Kier molecular flexibility index (Phi) is 9.09. The Labute approximate surface area is 224 Å². The molecule has 38 heavy (non-hydrogen) atoms. The maximum Gasteiger partial charge on any atom is 0.426 e. The van der Waals surface area contributed by atoms with Crippen LogP contribution in [0.4, 0.5) is 18.9 Å². The standard InChI is InChI=1S/C29H30F3NO4S/c1-2-36-27(35)12-8-4-7-11-26(34)33-16-15-21-17-22(13-14-25(21)33)37-19-23-18-24(20-9-5-3-6-10-20)28(38-23)29(30,31)32/h3,5-6,9-10,13-14,17-18H,2,4,7-8,11-12,15-16,19H2,1H3. The highest BCUT2D eigenvalue weighted by atomic mass is 32.1. The number of anilines is 1. The number of rotatable bonds is 11. The molecular weight excluding hydrogens is 515 g/mol. The van der Waals surface area contributed by atoms with Crippen LogP contribution in [0.3, 0.4) is 0 Å². The summed E-state index contributed by atoms with van der Waals surface area (Å²) < 4.78 is 51.7. The largest absolute Gasteiger partial charge is 0.488 e. The summed E-state index contributed by atoms with van der Waals surface area (Å²) >= 11 is 0.697. The zero-order chi connectivity index (χ0) is 27.1. The number of nitrogens with zero attached hydrogens (tertiary/aromatic N) is 1. The zero-order valence-electron chi connectivity index (χ0n) is 21.2. The quantitative estimate of drug-likeness (QED) is 0.186. The SMILES string of the molecule is CCOC(=O)CCCCCC(=O)N1CCc2cc(OCc3cc(-c4ccccc4)c(C(F)(F)F)s3)ccc21. The fourth-order valence-electron chi connectivity index (χ4n) is 4.53. The van der Waals surface area contributed by atoms with Gasteiger partial charge in [-0.2, -0.15) is 13.2 Å². The van der Waals surface area contributed by atoms with Crippen molar-refractivity contribution in [3.05, 3.63) is 69.9 Å². The molecule has 9 heteroatoms. The molecule has 1 amide bonds. The minimum atomic E-state index is -4.45. The average molecular weight is 546 g/mol. The van der Waals surface area contributed by atoms with Crippen LogP contribution in [0.15, 0.2) is 54.6 Å². The lowest BCUT2D eigenvalue weighted by Crippen LogP contribution is -2.28. The van der Waals surface area contributed by atoms with Crippen molar-refractivity contribution in [2.75, 3.05) is 18.1 Å². The van der Waals surface area contributed by atoms with E-state index >= 15 is 0 Å². The molecule has 1 aliphatic rings. The normalized spacial score (nSPS) is 12.9. The number of esters is 1. The smallest absolute Gasteiger partial charge is 0.426 e. The van der Waals surface area contributed by atoms with Crippen LogP contribution in [0.2, 0.25) is 0 Å². The minimum absolute atomic E-state index is 0.0216. The van der Waals surface area contributed by atoms with Crippen molar-refractivity contribution >= 4 is 28.9 Å². The number of carbonyl (C=O) groups excluding carboxylic acids is 2. The number of thiophene rings is 1. The minimum Gasteiger partial charge on any atom is -0.488 e. The molecular formula is C29H30F3NO4S. The van der Waals surface area contributed by atoms with Crippen LogP contribution in [0.1, 0.15) is 54.3 Å². The van der Waals surface area contributed by atoms with Gasteiger partial charge in [-0.25, -0.2) is 0 Å². The Morgan fingerprint density at radius 2 is 1.76 bits per heavy atom. The second kappa shape index (κ2) is 12.5. The van der Waals surface area contributed by atoms with Gasteiger partial charge in [0.15, 0.2) is 0 Å². The van der Waals surface area contributed by atoms with E-state index in [2.05, 4.69) is 0 Å². The number of unbranched alkanes of at least 4 members (excludes halogenated alkanes) is 2. The van der Waals surface area contributed by atoms with E-state index in [1.54, 1.807) is 54.3 Å². The van der Waals surface area contributed by atoms with Crippen molar-refractivity contribution < 1.29 is 32.2 Å². The maximum atomic E-state index is 13.7. The number of carbonyl (C=O) groups is 2. The first-order valence-corrected chi connectivity index (χ1v) is 13.5. The monoisotopic (exact) mass is 545 g/mol. The number of fused-ring (bicyclic) bond motifs is 1. The fourth-order valence-corrected chi connectivity index (χ4v) is 5.49. The number of alkyl halides is 3. The molecule has 202 valence electrons. The van der Waals surface area contributed by atoms with E-state index in [0.29, 0.717) is 72.8 Å². The van der Waals surface area contributed by atoms with Crippen molar-refractivity contribution in [3.8, 4) is 16.9 Å². The van der Waals surface area contributed by atoms with Crippen LogP contribution in [0, 0.1) is 0 Å². The van der Waals surface area contributed by atoms with E-state index in [-0.39, 0.29) is 24.0 Å². The Bertz CT molecular complexity index is 1260. The molecule has 1 aromatic heterocycles. The second-order valence-corrected chi connectivity index (χ2v) is 10.2. The molecule has 0 saturated heterocycles. The van der Waals surface area contributed by atoms with E-state index in [0.717, 1.165) is 17.7 Å². The van der Waals surface area contributed by atoms with Crippen LogP contribution < -0.4 is 9.64 Å². The summed E-state index contributed by atoms with van der Waals surface area (Å²) in [4.78, 5) is 25.8. The lowest BCUT2D eigenvalue weighted by Gasteiger charge is -2.17. The fraction of sp³-hybridized carbons (Fsp3) is 0.379. The van der Waals surface area contributed by atoms with Gasteiger partial charge in [0.25, 0.3) is 0 Å². The van der Waals surface area contributed by atoms with Gasteiger partial charge in [0.1, 0.15) is 17.2 Å². The summed E-state index contributed by atoms with van der Waals surface area (Å²) in [5.41, 5.74) is 2.50. The third-order valence-corrected chi connectivity index (χ3v) is 7.48. The Morgan fingerprint density at radius 1 is 1.00 bits per heavy atom. The lowest BCUT2D eigenvalue weighted by atomic mass is 10.1. The van der Waals surface area contributed by atoms with E-state index in [1.807, 2.05) is 12.1 Å². The molecule has 1 aliphatic heterocycles. The summed E-state index contributed by atoms with van der Waals surface area (Å²) in [5.74, 6) is 0.391. The van der Waals surface area contributed by atoms with Gasteiger partial charge < -0.3 is 14.4 Å². The first-order chi connectivity index (χ1) is 18.3. The van der Waals surface area contributed by atoms with Gasteiger partial charge in [0.05, 0.1) is 6.61 Å². The van der Waals surface area contributed by atoms with Gasteiger partial charge in [-0.1, -0.05) is 36.8 Å². The number of halogens is 3. The maximum absolute atomic E-state index is 13.7. The van der Waals surface area contributed by atoms with E-state index in [1.165, 1.54) is 0 Å². The molecule has 0 aliphatic carbocycles. The number of benzene rings is 2. The Morgan fingerprint density at radius 3 is 2.50 bits per heavy atom. The van der Waals surface area contributed by atoms with E-state index < -0.39 is 11.1 Å². The number of hydrogen-bond donors (Lipinski definition) is 0. The average Bonchev–Trinajstić information content (AvgIpc) is 3.52. The van der Waals surface area contributed by atoms with Crippen LogP contribution >= 0.6 is 11.3 Å². The highest BCUT2D eigenvalue weighted by molar-refractivity contribution is 7.12. The molecule has 3 aromatic rings. The first kappa shape index (κ1) is 27.7. The van der Waals surface area contributed by atoms with E-state index in [9.17, 15) is 22.8 Å². The first-order valence-electron chi connectivity index (χ1n) is 12.7. The number of amides is 1. The Hall–Kier alpha value is -3.33. The summed E-state index contributed by atoms with van der Waals surface area (Å²) in [7, 11) is 0. The molecule has 0 radical (unpaired) electrons. The number of ether oxygens (including phenoxy) is 2. The van der Waals surface area contributed by atoms with Gasteiger partial charge in [-0.15, -0.1) is 11.3 Å². The summed E-state index contributed by atoms with van der Waals surface area (Å²) in [6.45, 7) is 2.76. The highest BCUT2D eigenvalue weighted by Crippen LogP contribution is 2.43. The summed E-state index contributed by atoms with van der Waals surface area (Å²) in [6, 6.07) is 15.5. The van der Waals surface area contributed by atoms with Gasteiger partial charge in [0.2, 0.25) is 5.91 Å². The van der Waals surface area contributed by atoms with Crippen LogP contribution in [0.5, 0.6) is 5.75 Å². The molecule has 0 fully saturated rings. The summed E-state index contributed by atoms with van der Waals surface area (Å²) in [5, 5.41) is 0. The molecule has 0 atom stereocenters. The van der Waals surface area contributed by atoms with Crippen LogP contribution in [-0.4, -0.2) is 25.0 Å². The summed E-state index contributed by atoms with van der Waals surface area (Å²) in [6.07, 6.45) is -0.794. The number of hydrogen-bond acceptors (Lipinski definition) is 5. The highest BCUT2D eigenvalue weighted by Gasteiger charge is 2.36.